The zero-order valence-corrected chi connectivity index (χ0v) is 12.0. The second-order valence-electron chi connectivity index (χ2n) is 5.35. The third-order valence-electron chi connectivity index (χ3n) is 3.98. The Hall–Kier alpha value is -0.810. The Labute approximate surface area is 120 Å². The standard InChI is InChI=1S/C13H22N2O3.ClH/c16-12-9-15(8-4-3-7-13(17)18)11-6-2-1-5-10(11)14-12;/h10-11H,1-9H2,(H,14,16)(H,17,18);1H. The van der Waals surface area contributed by atoms with Crippen LogP contribution < -0.4 is 5.32 Å². The zero-order valence-electron chi connectivity index (χ0n) is 11.1. The van der Waals surface area contributed by atoms with Gasteiger partial charge in [0.25, 0.3) is 0 Å². The summed E-state index contributed by atoms with van der Waals surface area (Å²) in [6.45, 7) is 1.33. The van der Waals surface area contributed by atoms with Crippen molar-refractivity contribution in [1.29, 1.82) is 0 Å². The molecule has 2 N–H and O–H groups in total. The van der Waals surface area contributed by atoms with E-state index in [-0.39, 0.29) is 24.7 Å². The van der Waals surface area contributed by atoms with Gasteiger partial charge in [0.1, 0.15) is 0 Å². The van der Waals surface area contributed by atoms with Crippen LogP contribution in [0.4, 0.5) is 0 Å². The molecule has 6 heteroatoms. The summed E-state index contributed by atoms with van der Waals surface area (Å²) in [4.78, 5) is 24.3. The molecule has 2 aliphatic rings. The number of fused-ring (bicyclic) bond motifs is 1. The van der Waals surface area contributed by atoms with Gasteiger partial charge in [-0.3, -0.25) is 14.5 Å². The summed E-state index contributed by atoms with van der Waals surface area (Å²) >= 11 is 0. The predicted octanol–water partition coefficient (Wildman–Crippen LogP) is 1.41. The van der Waals surface area contributed by atoms with E-state index in [1.807, 2.05) is 0 Å². The van der Waals surface area contributed by atoms with Crippen molar-refractivity contribution >= 4 is 24.3 Å². The number of halogens is 1. The number of amides is 1. The lowest BCUT2D eigenvalue weighted by atomic mass is 9.87. The highest BCUT2D eigenvalue weighted by molar-refractivity contribution is 5.85. The first kappa shape index (κ1) is 16.2. The molecule has 2 fully saturated rings. The molecular formula is C13H23ClN2O3. The number of nitrogens with zero attached hydrogens (tertiary/aromatic N) is 1. The van der Waals surface area contributed by atoms with E-state index in [0.717, 1.165) is 25.8 Å². The molecule has 110 valence electrons. The molecule has 2 unspecified atom stereocenters. The Morgan fingerprint density at radius 1 is 1.32 bits per heavy atom. The molecule has 1 heterocycles. The van der Waals surface area contributed by atoms with Crippen LogP contribution in [0.5, 0.6) is 0 Å². The number of hydrogen-bond acceptors (Lipinski definition) is 3. The maximum Gasteiger partial charge on any atom is 0.303 e. The summed E-state index contributed by atoms with van der Waals surface area (Å²) in [5.74, 6) is -0.613. The minimum absolute atomic E-state index is 0. The van der Waals surface area contributed by atoms with Crippen LogP contribution in [-0.4, -0.2) is 47.1 Å². The minimum atomic E-state index is -0.734. The molecule has 0 bridgehead atoms. The number of hydrogen-bond donors (Lipinski definition) is 2. The van der Waals surface area contributed by atoms with Crippen molar-refractivity contribution in [3.63, 3.8) is 0 Å². The van der Waals surface area contributed by atoms with E-state index < -0.39 is 5.97 Å². The predicted molar refractivity (Wildman–Crippen MR) is 74.5 cm³/mol. The van der Waals surface area contributed by atoms with Crippen molar-refractivity contribution in [2.75, 3.05) is 13.1 Å². The van der Waals surface area contributed by atoms with Gasteiger partial charge < -0.3 is 10.4 Å². The lowest BCUT2D eigenvalue weighted by Gasteiger charge is -2.44. The first-order valence-electron chi connectivity index (χ1n) is 6.92. The van der Waals surface area contributed by atoms with E-state index in [4.69, 9.17) is 5.11 Å². The van der Waals surface area contributed by atoms with Crippen LogP contribution in [0.3, 0.4) is 0 Å². The number of carboxylic acids is 1. The molecule has 0 spiro atoms. The van der Waals surface area contributed by atoms with Crippen LogP contribution >= 0.6 is 12.4 Å². The average Bonchev–Trinajstić information content (AvgIpc) is 2.34. The lowest BCUT2D eigenvalue weighted by Crippen LogP contribution is -2.61. The maximum atomic E-state index is 11.6. The van der Waals surface area contributed by atoms with E-state index in [1.165, 1.54) is 12.8 Å². The van der Waals surface area contributed by atoms with Gasteiger partial charge in [-0.15, -0.1) is 12.4 Å². The molecule has 1 saturated carbocycles. The number of unbranched alkanes of at least 4 members (excludes halogenated alkanes) is 1. The number of aliphatic carboxylic acids is 1. The normalized spacial score (nSPS) is 27.1. The summed E-state index contributed by atoms with van der Waals surface area (Å²) in [6, 6.07) is 0.792. The molecule has 1 aliphatic heterocycles. The van der Waals surface area contributed by atoms with Crippen LogP contribution in [0.25, 0.3) is 0 Å². The Bertz CT molecular complexity index is 325. The largest absolute Gasteiger partial charge is 0.481 e. The highest BCUT2D eigenvalue weighted by Gasteiger charge is 2.35. The van der Waals surface area contributed by atoms with Crippen LogP contribution in [0.2, 0.25) is 0 Å². The van der Waals surface area contributed by atoms with Gasteiger partial charge in [0, 0.05) is 18.5 Å². The van der Waals surface area contributed by atoms with Gasteiger partial charge in [-0.05, 0) is 32.2 Å². The Kier molecular flexibility index (Phi) is 6.58. The van der Waals surface area contributed by atoms with Gasteiger partial charge in [-0.25, -0.2) is 0 Å². The van der Waals surface area contributed by atoms with Crippen LogP contribution in [0.1, 0.15) is 44.9 Å². The molecule has 2 rings (SSSR count). The summed E-state index contributed by atoms with van der Waals surface area (Å²) in [5.41, 5.74) is 0. The Morgan fingerprint density at radius 3 is 2.79 bits per heavy atom. The van der Waals surface area contributed by atoms with Gasteiger partial charge in [0.05, 0.1) is 6.54 Å². The fourth-order valence-corrected chi connectivity index (χ4v) is 3.11. The van der Waals surface area contributed by atoms with Gasteiger partial charge in [-0.1, -0.05) is 12.8 Å². The van der Waals surface area contributed by atoms with Crippen molar-refractivity contribution in [2.24, 2.45) is 0 Å². The third-order valence-corrected chi connectivity index (χ3v) is 3.98. The van der Waals surface area contributed by atoms with E-state index in [9.17, 15) is 9.59 Å². The van der Waals surface area contributed by atoms with Crippen molar-refractivity contribution in [1.82, 2.24) is 10.2 Å². The molecule has 1 saturated heterocycles. The topological polar surface area (TPSA) is 69.6 Å². The van der Waals surface area contributed by atoms with Gasteiger partial charge >= 0.3 is 5.97 Å². The molecule has 0 aromatic carbocycles. The molecule has 0 aromatic heterocycles. The van der Waals surface area contributed by atoms with Crippen molar-refractivity contribution < 1.29 is 14.7 Å². The highest BCUT2D eigenvalue weighted by Crippen LogP contribution is 2.25. The number of carbonyl (C=O) groups excluding carboxylic acids is 1. The first-order chi connectivity index (χ1) is 8.66. The Morgan fingerprint density at radius 2 is 2.05 bits per heavy atom. The van der Waals surface area contributed by atoms with E-state index >= 15 is 0 Å². The summed E-state index contributed by atoms with van der Waals surface area (Å²) < 4.78 is 0. The fraction of sp³-hybridized carbons (Fsp3) is 0.846. The second kappa shape index (κ2) is 7.70. The quantitative estimate of drug-likeness (QED) is 0.751. The molecule has 1 amide bonds. The monoisotopic (exact) mass is 290 g/mol. The maximum absolute atomic E-state index is 11.6. The van der Waals surface area contributed by atoms with Crippen LogP contribution in [0, 0.1) is 0 Å². The molecule has 2 atom stereocenters. The Balaban J connectivity index is 0.00000180. The zero-order chi connectivity index (χ0) is 13.0. The van der Waals surface area contributed by atoms with E-state index in [1.54, 1.807) is 0 Å². The van der Waals surface area contributed by atoms with Crippen LogP contribution in [-0.2, 0) is 9.59 Å². The molecule has 19 heavy (non-hydrogen) atoms. The smallest absolute Gasteiger partial charge is 0.303 e. The number of carboxylic acid groups (broad SMARTS) is 1. The van der Waals surface area contributed by atoms with Crippen molar-refractivity contribution in [3.8, 4) is 0 Å². The minimum Gasteiger partial charge on any atom is -0.481 e. The molecular weight excluding hydrogens is 268 g/mol. The highest BCUT2D eigenvalue weighted by atomic mass is 35.5. The second-order valence-corrected chi connectivity index (χ2v) is 5.35. The van der Waals surface area contributed by atoms with Gasteiger partial charge in [0.2, 0.25) is 5.91 Å². The van der Waals surface area contributed by atoms with E-state index in [2.05, 4.69) is 10.2 Å². The summed E-state index contributed by atoms with van der Waals surface area (Å²) in [7, 11) is 0. The molecule has 5 nitrogen and oxygen atoms in total. The van der Waals surface area contributed by atoms with E-state index in [0.29, 0.717) is 25.0 Å². The summed E-state index contributed by atoms with van der Waals surface area (Å²) in [5, 5.41) is 11.7. The van der Waals surface area contributed by atoms with Gasteiger partial charge in [0.15, 0.2) is 0 Å². The number of carbonyl (C=O) groups is 2. The number of nitrogens with one attached hydrogen (secondary N) is 1. The van der Waals surface area contributed by atoms with Crippen LogP contribution in [0.15, 0.2) is 0 Å². The van der Waals surface area contributed by atoms with Crippen molar-refractivity contribution in [2.45, 2.75) is 57.0 Å². The number of piperazine rings is 1. The van der Waals surface area contributed by atoms with Gasteiger partial charge in [-0.2, -0.15) is 0 Å². The number of rotatable bonds is 5. The fourth-order valence-electron chi connectivity index (χ4n) is 3.11. The molecule has 1 aliphatic carbocycles. The summed E-state index contributed by atoms with van der Waals surface area (Å²) in [6.07, 6.45) is 6.48. The van der Waals surface area contributed by atoms with Crippen molar-refractivity contribution in [3.05, 3.63) is 0 Å². The lowest BCUT2D eigenvalue weighted by molar-refractivity contribution is -0.137. The third kappa shape index (κ3) is 4.66. The molecule has 0 radical (unpaired) electrons. The SMILES string of the molecule is Cl.O=C(O)CCCCN1CC(=O)NC2CCCCC21. The first-order valence-corrected chi connectivity index (χ1v) is 6.92. The molecule has 0 aromatic rings. The average molecular weight is 291 g/mol.